The quantitative estimate of drug-likeness (QED) is 0.323. The molecular formula is C17H32O8. The molecule has 0 aromatic carbocycles. The number of carboxylic acid groups (broad SMARTS) is 1. The van der Waals surface area contributed by atoms with Crippen LogP contribution in [-0.2, 0) is 33.3 Å². The van der Waals surface area contributed by atoms with Gasteiger partial charge in [-0.2, -0.15) is 0 Å². The number of carbonyl (C=O) groups excluding carboxylic acids is 1. The lowest BCUT2D eigenvalue weighted by Crippen LogP contribution is -2.13. The van der Waals surface area contributed by atoms with Crippen molar-refractivity contribution in [2.75, 3.05) is 66.1 Å². The van der Waals surface area contributed by atoms with Gasteiger partial charge in [0.1, 0.15) is 5.78 Å². The lowest BCUT2D eigenvalue weighted by atomic mass is 10.1. The molecule has 0 saturated carbocycles. The predicted molar refractivity (Wildman–Crippen MR) is 90.9 cm³/mol. The van der Waals surface area contributed by atoms with E-state index in [1.54, 1.807) is 0 Å². The molecule has 0 aliphatic heterocycles. The number of Topliss-reactive ketones (excluding diaryl/α,β-unsaturated/α-hetero) is 1. The lowest BCUT2D eigenvalue weighted by molar-refractivity contribution is -0.138. The first-order valence-electron chi connectivity index (χ1n) is 8.79. The second kappa shape index (κ2) is 19.3. The molecular weight excluding hydrogens is 332 g/mol. The van der Waals surface area contributed by atoms with Gasteiger partial charge in [0, 0.05) is 26.1 Å². The maximum atomic E-state index is 11.3. The molecule has 8 nitrogen and oxygen atoms in total. The summed E-state index contributed by atoms with van der Waals surface area (Å²) in [7, 11) is 0. The summed E-state index contributed by atoms with van der Waals surface area (Å²) in [6.45, 7) is 7.31. The Kier molecular flexibility index (Phi) is 18.5. The van der Waals surface area contributed by atoms with Crippen molar-refractivity contribution in [2.24, 2.45) is 0 Å². The maximum Gasteiger partial charge on any atom is 0.303 e. The first-order chi connectivity index (χ1) is 12.2. The van der Waals surface area contributed by atoms with Gasteiger partial charge in [-0.25, -0.2) is 0 Å². The van der Waals surface area contributed by atoms with Crippen molar-refractivity contribution in [3.63, 3.8) is 0 Å². The number of hydrogen-bond donors (Lipinski definition) is 1. The molecule has 0 heterocycles. The molecule has 148 valence electrons. The highest BCUT2D eigenvalue weighted by atomic mass is 16.6. The van der Waals surface area contributed by atoms with Gasteiger partial charge in [0.2, 0.25) is 0 Å². The SMILES string of the molecule is CCOCCOCCOCCOCCOCCCC(=O)CCC(=O)O. The summed E-state index contributed by atoms with van der Waals surface area (Å²) in [5, 5.41) is 8.46. The fraction of sp³-hybridized carbons (Fsp3) is 0.882. The van der Waals surface area contributed by atoms with Gasteiger partial charge in [-0.3, -0.25) is 9.59 Å². The number of rotatable bonds is 20. The summed E-state index contributed by atoms with van der Waals surface area (Å²) < 4.78 is 26.5. The van der Waals surface area contributed by atoms with Crippen molar-refractivity contribution in [3.8, 4) is 0 Å². The summed E-state index contributed by atoms with van der Waals surface area (Å²) in [5.41, 5.74) is 0. The summed E-state index contributed by atoms with van der Waals surface area (Å²) in [6, 6.07) is 0. The van der Waals surface area contributed by atoms with Gasteiger partial charge in [-0.15, -0.1) is 0 Å². The third kappa shape index (κ3) is 20.9. The molecule has 0 amide bonds. The van der Waals surface area contributed by atoms with Crippen LogP contribution in [-0.4, -0.2) is 82.9 Å². The summed E-state index contributed by atoms with van der Waals surface area (Å²) in [5.74, 6) is -0.985. The Morgan fingerprint density at radius 3 is 1.52 bits per heavy atom. The van der Waals surface area contributed by atoms with Gasteiger partial charge in [-0.05, 0) is 13.3 Å². The van der Waals surface area contributed by atoms with Crippen LogP contribution in [0.5, 0.6) is 0 Å². The molecule has 0 atom stereocenters. The highest BCUT2D eigenvalue weighted by molar-refractivity contribution is 5.82. The molecule has 0 rings (SSSR count). The van der Waals surface area contributed by atoms with Crippen molar-refractivity contribution >= 4 is 11.8 Å². The Hall–Kier alpha value is -1.06. The zero-order valence-electron chi connectivity index (χ0n) is 15.2. The molecule has 8 heteroatoms. The molecule has 25 heavy (non-hydrogen) atoms. The van der Waals surface area contributed by atoms with Crippen molar-refractivity contribution in [1.82, 2.24) is 0 Å². The average Bonchev–Trinajstić information content (AvgIpc) is 2.59. The van der Waals surface area contributed by atoms with Crippen LogP contribution in [0.2, 0.25) is 0 Å². The van der Waals surface area contributed by atoms with Gasteiger partial charge >= 0.3 is 5.97 Å². The van der Waals surface area contributed by atoms with Crippen LogP contribution in [0.25, 0.3) is 0 Å². The minimum Gasteiger partial charge on any atom is -0.481 e. The Labute approximate surface area is 149 Å². The molecule has 0 aliphatic rings. The highest BCUT2D eigenvalue weighted by Crippen LogP contribution is 1.99. The lowest BCUT2D eigenvalue weighted by Gasteiger charge is -2.07. The van der Waals surface area contributed by atoms with Crippen molar-refractivity contribution in [1.29, 1.82) is 0 Å². The smallest absolute Gasteiger partial charge is 0.303 e. The average molecular weight is 364 g/mol. The normalized spacial score (nSPS) is 10.9. The van der Waals surface area contributed by atoms with Crippen LogP contribution in [0.4, 0.5) is 0 Å². The van der Waals surface area contributed by atoms with E-state index >= 15 is 0 Å². The largest absolute Gasteiger partial charge is 0.481 e. The first kappa shape index (κ1) is 23.9. The Balaban J connectivity index is 3.09. The van der Waals surface area contributed by atoms with Crippen molar-refractivity contribution in [3.05, 3.63) is 0 Å². The fourth-order valence-electron chi connectivity index (χ4n) is 1.77. The molecule has 0 spiro atoms. The summed E-state index contributed by atoms with van der Waals surface area (Å²) in [6.07, 6.45) is 0.949. The van der Waals surface area contributed by atoms with E-state index < -0.39 is 5.97 Å². The summed E-state index contributed by atoms with van der Waals surface area (Å²) >= 11 is 0. The van der Waals surface area contributed by atoms with E-state index in [0.29, 0.717) is 78.9 Å². The number of ether oxygens (including phenoxy) is 5. The zero-order chi connectivity index (χ0) is 18.6. The molecule has 0 fully saturated rings. The number of ketones is 1. The zero-order valence-corrected chi connectivity index (χ0v) is 15.2. The Morgan fingerprint density at radius 2 is 1.08 bits per heavy atom. The Morgan fingerprint density at radius 1 is 0.640 bits per heavy atom. The van der Waals surface area contributed by atoms with E-state index in [-0.39, 0.29) is 18.6 Å². The van der Waals surface area contributed by atoms with Gasteiger partial charge in [0.15, 0.2) is 0 Å². The van der Waals surface area contributed by atoms with Gasteiger partial charge in [0.25, 0.3) is 0 Å². The number of carboxylic acids is 1. The topological polar surface area (TPSA) is 101 Å². The van der Waals surface area contributed by atoms with E-state index in [9.17, 15) is 9.59 Å². The molecule has 0 aromatic heterocycles. The summed E-state index contributed by atoms with van der Waals surface area (Å²) in [4.78, 5) is 21.6. The highest BCUT2D eigenvalue weighted by Gasteiger charge is 2.05. The maximum absolute atomic E-state index is 11.3. The predicted octanol–water partition coefficient (Wildman–Crippen LogP) is 1.30. The van der Waals surface area contributed by atoms with E-state index in [1.165, 1.54) is 0 Å². The van der Waals surface area contributed by atoms with Crippen LogP contribution in [0.3, 0.4) is 0 Å². The van der Waals surface area contributed by atoms with Crippen molar-refractivity contribution in [2.45, 2.75) is 32.6 Å². The van der Waals surface area contributed by atoms with E-state index in [0.717, 1.165) is 0 Å². The van der Waals surface area contributed by atoms with Crippen LogP contribution >= 0.6 is 0 Å². The van der Waals surface area contributed by atoms with Crippen LogP contribution in [0.15, 0.2) is 0 Å². The molecule has 0 radical (unpaired) electrons. The van der Waals surface area contributed by atoms with Crippen LogP contribution in [0, 0.1) is 0 Å². The van der Waals surface area contributed by atoms with Crippen molar-refractivity contribution < 1.29 is 38.4 Å². The third-order valence-electron chi connectivity index (χ3n) is 3.05. The molecule has 0 aliphatic carbocycles. The van der Waals surface area contributed by atoms with Gasteiger partial charge < -0.3 is 28.8 Å². The van der Waals surface area contributed by atoms with Crippen LogP contribution in [0.1, 0.15) is 32.6 Å². The number of carbonyl (C=O) groups is 2. The van der Waals surface area contributed by atoms with E-state index in [4.69, 9.17) is 28.8 Å². The van der Waals surface area contributed by atoms with Crippen LogP contribution < -0.4 is 0 Å². The molecule has 0 saturated heterocycles. The van der Waals surface area contributed by atoms with Gasteiger partial charge in [-0.1, -0.05) is 0 Å². The monoisotopic (exact) mass is 364 g/mol. The first-order valence-corrected chi connectivity index (χ1v) is 8.79. The molecule has 0 aromatic rings. The second-order valence-electron chi connectivity index (χ2n) is 5.18. The molecule has 1 N–H and O–H groups in total. The Bertz CT molecular complexity index is 322. The minimum absolute atomic E-state index is 0.0405. The van der Waals surface area contributed by atoms with E-state index in [1.807, 2.05) is 6.92 Å². The minimum atomic E-state index is -0.945. The molecule has 0 bridgehead atoms. The second-order valence-corrected chi connectivity index (χ2v) is 5.18. The van der Waals surface area contributed by atoms with E-state index in [2.05, 4.69) is 0 Å². The molecule has 0 unspecified atom stereocenters. The number of hydrogen-bond acceptors (Lipinski definition) is 7. The third-order valence-corrected chi connectivity index (χ3v) is 3.05. The van der Waals surface area contributed by atoms with Gasteiger partial charge in [0.05, 0.1) is 59.3 Å². The number of aliphatic carboxylic acids is 1. The standard InChI is InChI=1S/C17H32O8/c1-2-21-8-9-23-12-13-25-15-14-24-11-10-22-7-3-4-16(18)5-6-17(19)20/h2-15H2,1H3,(H,19,20). The fourth-order valence-corrected chi connectivity index (χ4v) is 1.77.